The molecule has 0 saturated carbocycles. The van der Waals surface area contributed by atoms with Gasteiger partial charge in [-0.3, -0.25) is 0 Å². The molecule has 0 heterocycles. The summed E-state index contributed by atoms with van der Waals surface area (Å²) in [5.41, 5.74) is 1.63. The molecule has 1 atom stereocenters. The van der Waals surface area contributed by atoms with E-state index in [-0.39, 0.29) is 23.0 Å². The van der Waals surface area contributed by atoms with Gasteiger partial charge in [0.05, 0.1) is 29.4 Å². The van der Waals surface area contributed by atoms with Crippen LogP contribution in [0.4, 0.5) is 0 Å². The van der Waals surface area contributed by atoms with E-state index >= 15 is 0 Å². The van der Waals surface area contributed by atoms with Crippen LogP contribution in [-0.4, -0.2) is 35.7 Å². The van der Waals surface area contributed by atoms with Gasteiger partial charge in [-0.1, -0.05) is 89.8 Å². The van der Waals surface area contributed by atoms with E-state index in [1.54, 1.807) is 12.1 Å². The summed E-state index contributed by atoms with van der Waals surface area (Å²) in [5, 5.41) is 9.90. The van der Waals surface area contributed by atoms with Gasteiger partial charge in [-0.15, -0.1) is 0 Å². The Balaban J connectivity index is 1.55. The van der Waals surface area contributed by atoms with Crippen molar-refractivity contribution in [1.29, 1.82) is 0 Å². The van der Waals surface area contributed by atoms with E-state index in [0.29, 0.717) is 23.3 Å². The molecule has 1 unspecified atom stereocenters. The lowest BCUT2D eigenvalue weighted by atomic mass is 9.97. The SMILES string of the molecule is CCCCCCCCCCOc1ccc(-c2ccc(C(=O)Oc3ccc(C(=O)OC(C)CCCC)cc3)cc2C(=O)O)cc1. The monoisotopic (exact) mass is 602 g/mol. The van der Waals surface area contributed by atoms with Crippen LogP contribution in [0.25, 0.3) is 11.1 Å². The number of hydrogen-bond donors (Lipinski definition) is 1. The number of carbonyl (C=O) groups excluding carboxylic acids is 2. The lowest BCUT2D eigenvalue weighted by Gasteiger charge is -2.13. The molecule has 3 rings (SSSR count). The van der Waals surface area contributed by atoms with E-state index in [1.807, 2.05) is 31.2 Å². The average molecular weight is 603 g/mol. The van der Waals surface area contributed by atoms with Crippen LogP contribution >= 0.6 is 0 Å². The van der Waals surface area contributed by atoms with Crippen molar-refractivity contribution >= 4 is 17.9 Å². The average Bonchev–Trinajstić information content (AvgIpc) is 3.03. The van der Waals surface area contributed by atoms with E-state index in [2.05, 4.69) is 13.8 Å². The van der Waals surface area contributed by atoms with E-state index in [0.717, 1.165) is 37.9 Å². The summed E-state index contributed by atoms with van der Waals surface area (Å²) in [7, 11) is 0. The largest absolute Gasteiger partial charge is 0.494 e. The van der Waals surface area contributed by atoms with Crippen molar-refractivity contribution in [2.45, 2.75) is 97.5 Å². The minimum atomic E-state index is -1.15. The van der Waals surface area contributed by atoms with Gasteiger partial charge in [0, 0.05) is 0 Å². The number of ether oxygens (including phenoxy) is 3. The quantitative estimate of drug-likeness (QED) is 0.0828. The molecule has 44 heavy (non-hydrogen) atoms. The van der Waals surface area contributed by atoms with Crippen molar-refractivity contribution in [3.63, 3.8) is 0 Å². The molecule has 0 aliphatic rings. The molecule has 0 radical (unpaired) electrons. The number of benzene rings is 3. The topological polar surface area (TPSA) is 99.1 Å². The van der Waals surface area contributed by atoms with E-state index < -0.39 is 17.9 Å². The Kier molecular flexibility index (Phi) is 14.5. The van der Waals surface area contributed by atoms with Gasteiger partial charge in [0.25, 0.3) is 0 Å². The predicted molar refractivity (Wildman–Crippen MR) is 173 cm³/mol. The fraction of sp³-hybridized carbons (Fsp3) is 0.432. The first kappa shape index (κ1) is 34.4. The number of carboxylic acid groups (broad SMARTS) is 1. The summed E-state index contributed by atoms with van der Waals surface area (Å²) < 4.78 is 16.8. The van der Waals surface area contributed by atoms with E-state index in [1.165, 1.54) is 68.9 Å². The van der Waals surface area contributed by atoms with Crippen LogP contribution in [0.1, 0.15) is 122 Å². The molecule has 0 bridgehead atoms. The van der Waals surface area contributed by atoms with Gasteiger partial charge in [0.15, 0.2) is 0 Å². The maximum atomic E-state index is 12.8. The predicted octanol–water partition coefficient (Wildman–Crippen LogP) is 9.53. The first-order chi connectivity index (χ1) is 21.3. The third-order valence-electron chi connectivity index (χ3n) is 7.49. The highest BCUT2D eigenvalue weighted by atomic mass is 16.5. The van der Waals surface area contributed by atoms with Crippen LogP contribution in [-0.2, 0) is 4.74 Å². The summed E-state index contributed by atoms with van der Waals surface area (Å²) >= 11 is 0. The molecular formula is C37H46O7. The molecule has 3 aromatic rings. The highest BCUT2D eigenvalue weighted by Gasteiger charge is 2.18. The molecule has 0 aliphatic heterocycles. The summed E-state index contributed by atoms with van der Waals surface area (Å²) in [6.07, 6.45) is 12.5. The fourth-order valence-corrected chi connectivity index (χ4v) is 4.88. The smallest absolute Gasteiger partial charge is 0.343 e. The lowest BCUT2D eigenvalue weighted by Crippen LogP contribution is -2.15. The molecule has 0 spiro atoms. The molecule has 0 aliphatic carbocycles. The van der Waals surface area contributed by atoms with E-state index in [9.17, 15) is 19.5 Å². The Morgan fingerprint density at radius 3 is 1.91 bits per heavy atom. The summed E-state index contributed by atoms with van der Waals surface area (Å²) in [6, 6.07) is 17.9. The summed E-state index contributed by atoms with van der Waals surface area (Å²) in [6.45, 7) is 6.82. The van der Waals surface area contributed by atoms with Gasteiger partial charge in [-0.25, -0.2) is 14.4 Å². The minimum absolute atomic E-state index is 0.0117. The van der Waals surface area contributed by atoms with Crippen LogP contribution in [0.5, 0.6) is 11.5 Å². The van der Waals surface area contributed by atoms with E-state index in [4.69, 9.17) is 14.2 Å². The van der Waals surface area contributed by atoms with Gasteiger partial charge in [0.2, 0.25) is 0 Å². The van der Waals surface area contributed by atoms with Crippen molar-refractivity contribution < 1.29 is 33.7 Å². The van der Waals surface area contributed by atoms with Crippen LogP contribution in [0.3, 0.4) is 0 Å². The third kappa shape index (κ3) is 11.2. The zero-order valence-corrected chi connectivity index (χ0v) is 26.3. The first-order valence-electron chi connectivity index (χ1n) is 16.0. The lowest BCUT2D eigenvalue weighted by molar-refractivity contribution is 0.0320. The van der Waals surface area contributed by atoms with Crippen molar-refractivity contribution in [1.82, 2.24) is 0 Å². The highest BCUT2D eigenvalue weighted by molar-refractivity contribution is 6.00. The molecule has 1 N–H and O–H groups in total. The summed E-state index contributed by atoms with van der Waals surface area (Å²) in [4.78, 5) is 37.3. The number of aromatic carboxylic acids is 1. The van der Waals surface area contributed by atoms with Gasteiger partial charge in [-0.05, 0) is 79.4 Å². The first-order valence-corrected chi connectivity index (χ1v) is 16.0. The Bertz CT molecular complexity index is 1330. The molecular weight excluding hydrogens is 556 g/mol. The second-order valence-electron chi connectivity index (χ2n) is 11.2. The second kappa shape index (κ2) is 18.5. The van der Waals surface area contributed by atoms with Crippen LogP contribution in [0, 0.1) is 0 Å². The normalized spacial score (nSPS) is 11.5. The van der Waals surface area contributed by atoms with Crippen molar-refractivity contribution in [3.8, 4) is 22.6 Å². The van der Waals surface area contributed by atoms with Crippen LogP contribution in [0.15, 0.2) is 66.7 Å². The zero-order valence-electron chi connectivity index (χ0n) is 26.3. The zero-order chi connectivity index (χ0) is 31.7. The Labute approximate surface area is 261 Å². The third-order valence-corrected chi connectivity index (χ3v) is 7.49. The number of carbonyl (C=O) groups is 3. The highest BCUT2D eigenvalue weighted by Crippen LogP contribution is 2.28. The minimum Gasteiger partial charge on any atom is -0.494 e. The molecule has 0 saturated heterocycles. The molecule has 236 valence electrons. The Morgan fingerprint density at radius 1 is 0.682 bits per heavy atom. The summed E-state index contributed by atoms with van der Waals surface area (Å²) in [5.74, 6) is -1.32. The maximum Gasteiger partial charge on any atom is 0.343 e. The number of rotatable bonds is 19. The number of esters is 2. The number of hydrogen-bond acceptors (Lipinski definition) is 6. The Morgan fingerprint density at radius 2 is 1.27 bits per heavy atom. The van der Waals surface area contributed by atoms with Crippen LogP contribution < -0.4 is 9.47 Å². The van der Waals surface area contributed by atoms with Gasteiger partial charge in [0.1, 0.15) is 11.5 Å². The van der Waals surface area contributed by atoms with Crippen molar-refractivity contribution in [2.75, 3.05) is 6.61 Å². The number of carboxylic acids is 1. The van der Waals surface area contributed by atoms with Crippen molar-refractivity contribution in [3.05, 3.63) is 83.4 Å². The fourth-order valence-electron chi connectivity index (χ4n) is 4.88. The van der Waals surface area contributed by atoms with Crippen molar-refractivity contribution in [2.24, 2.45) is 0 Å². The molecule has 0 amide bonds. The molecule has 0 fully saturated rings. The maximum absolute atomic E-state index is 12.8. The molecule has 7 heteroatoms. The van der Waals surface area contributed by atoms with Crippen LogP contribution in [0.2, 0.25) is 0 Å². The second-order valence-corrected chi connectivity index (χ2v) is 11.2. The Hall–Kier alpha value is -4.13. The number of unbranched alkanes of at least 4 members (excludes halogenated alkanes) is 8. The van der Waals surface area contributed by atoms with Gasteiger partial charge >= 0.3 is 17.9 Å². The molecule has 7 nitrogen and oxygen atoms in total. The van der Waals surface area contributed by atoms with Gasteiger partial charge in [-0.2, -0.15) is 0 Å². The molecule has 3 aromatic carbocycles. The van der Waals surface area contributed by atoms with Gasteiger partial charge < -0.3 is 19.3 Å². The standard InChI is InChI=1S/C37H46O7/c1-4-6-8-9-10-11-12-13-25-42-31-20-15-28(16-21-31)33-24-19-30(26-34(33)35(38)39)37(41)44-32-22-17-29(18-23-32)36(40)43-27(3)14-7-5-2/h15-24,26-27H,4-14,25H2,1-3H3,(H,38,39). The molecule has 0 aromatic heterocycles.